The van der Waals surface area contributed by atoms with E-state index in [-0.39, 0.29) is 5.89 Å². The summed E-state index contributed by atoms with van der Waals surface area (Å²) < 4.78 is 4.83. The van der Waals surface area contributed by atoms with Crippen LogP contribution in [-0.2, 0) is 0 Å². The van der Waals surface area contributed by atoms with Gasteiger partial charge in [0.2, 0.25) is 0 Å². The molecule has 0 aliphatic rings. The first-order chi connectivity index (χ1) is 4.74. The monoisotopic (exact) mass is 141 g/mol. The average Bonchev–Trinajstić information content (AvgIpc) is 2.34. The molecule has 0 fully saturated rings. The Bertz CT molecular complexity index is 243. The van der Waals surface area contributed by atoms with Crippen LogP contribution in [0.4, 0.5) is 0 Å². The molecule has 1 aromatic heterocycles. The number of rotatable bonds is 1. The van der Waals surface area contributed by atoms with Crippen molar-refractivity contribution in [2.75, 3.05) is 0 Å². The molecule has 0 aromatic carbocycles. The predicted octanol–water partition coefficient (Wildman–Crippen LogP) is -0.413. The van der Waals surface area contributed by atoms with Crippen molar-refractivity contribution in [1.29, 1.82) is 0 Å². The maximum Gasteiger partial charge on any atom is 0.320 e. The number of aryl methyl sites for hydroxylation is 1. The topological polar surface area (TPSA) is 81.2 Å². The normalized spacial score (nSPS) is 9.40. The highest BCUT2D eigenvalue weighted by Gasteiger charge is 2.08. The molecule has 3 N–H and O–H groups in total. The summed E-state index contributed by atoms with van der Waals surface area (Å²) in [5.74, 6) is 4.86. The number of hydrogen-bond donors (Lipinski definition) is 2. The Morgan fingerprint density at radius 2 is 2.60 bits per heavy atom. The largest absolute Gasteiger partial charge is 0.438 e. The molecule has 1 rings (SSSR count). The summed E-state index contributed by atoms with van der Waals surface area (Å²) in [5.41, 5.74) is 1.90. The lowest BCUT2D eigenvalue weighted by Gasteiger charge is -1.89. The Morgan fingerprint density at radius 3 is 3.00 bits per heavy atom. The number of carbonyl (C=O) groups excluding carboxylic acids is 1. The van der Waals surface area contributed by atoms with Crippen LogP contribution in [0.5, 0.6) is 0 Å². The van der Waals surface area contributed by atoms with Crippen LogP contribution >= 0.6 is 0 Å². The molecule has 1 amide bonds. The zero-order valence-corrected chi connectivity index (χ0v) is 5.42. The van der Waals surface area contributed by atoms with Gasteiger partial charge in [0.1, 0.15) is 5.76 Å². The van der Waals surface area contributed by atoms with Crippen molar-refractivity contribution in [1.82, 2.24) is 10.4 Å². The van der Waals surface area contributed by atoms with Gasteiger partial charge in [0, 0.05) is 0 Å². The minimum Gasteiger partial charge on any atom is -0.438 e. The van der Waals surface area contributed by atoms with Gasteiger partial charge in [-0.25, -0.2) is 10.8 Å². The van der Waals surface area contributed by atoms with Gasteiger partial charge in [-0.05, 0) is 6.92 Å². The fourth-order valence-electron chi connectivity index (χ4n) is 0.521. The molecular formula is C5H7N3O2. The molecule has 0 aliphatic heterocycles. The minimum absolute atomic E-state index is 0.0139. The first kappa shape index (κ1) is 6.76. The van der Waals surface area contributed by atoms with Crippen molar-refractivity contribution in [2.45, 2.75) is 6.92 Å². The van der Waals surface area contributed by atoms with Gasteiger partial charge in [-0.1, -0.05) is 0 Å². The van der Waals surface area contributed by atoms with Gasteiger partial charge >= 0.3 is 5.91 Å². The summed E-state index contributed by atoms with van der Waals surface area (Å²) in [6.07, 6.45) is 1.45. The predicted molar refractivity (Wildman–Crippen MR) is 32.9 cm³/mol. The van der Waals surface area contributed by atoms with E-state index in [1.165, 1.54) is 6.20 Å². The number of nitrogen functional groups attached to an aromatic ring is 1. The lowest BCUT2D eigenvalue weighted by atomic mass is 10.6. The highest BCUT2D eigenvalue weighted by molar-refractivity contribution is 5.88. The summed E-state index contributed by atoms with van der Waals surface area (Å²) in [7, 11) is 0. The number of amides is 1. The van der Waals surface area contributed by atoms with E-state index in [4.69, 9.17) is 10.3 Å². The molecule has 1 heterocycles. The Balaban J connectivity index is 2.85. The van der Waals surface area contributed by atoms with Crippen molar-refractivity contribution in [3.63, 3.8) is 0 Å². The molecule has 5 heteroatoms. The van der Waals surface area contributed by atoms with Crippen molar-refractivity contribution in [2.24, 2.45) is 5.84 Å². The molecule has 54 valence electrons. The third-order valence-electron chi connectivity index (χ3n) is 0.947. The maximum atomic E-state index is 10.6. The van der Waals surface area contributed by atoms with E-state index in [9.17, 15) is 4.79 Å². The fraction of sp³-hybridized carbons (Fsp3) is 0.200. The summed E-state index contributed by atoms with van der Waals surface area (Å²) in [6, 6.07) is 0. The molecular weight excluding hydrogens is 134 g/mol. The molecule has 0 bridgehead atoms. The zero-order valence-electron chi connectivity index (χ0n) is 5.42. The number of carbonyl (C=O) groups is 1. The first-order valence-electron chi connectivity index (χ1n) is 2.67. The van der Waals surface area contributed by atoms with Crippen LogP contribution in [0.1, 0.15) is 16.4 Å². The number of aromatic nitrogens is 1. The van der Waals surface area contributed by atoms with Gasteiger partial charge in [-0.3, -0.25) is 10.2 Å². The highest BCUT2D eigenvalue weighted by Crippen LogP contribution is 1.99. The fourth-order valence-corrected chi connectivity index (χ4v) is 0.521. The summed E-state index contributed by atoms with van der Waals surface area (Å²) in [6.45, 7) is 1.69. The summed E-state index contributed by atoms with van der Waals surface area (Å²) >= 11 is 0. The quantitative estimate of drug-likeness (QED) is 0.316. The molecule has 10 heavy (non-hydrogen) atoms. The van der Waals surface area contributed by atoms with Crippen LogP contribution in [0, 0.1) is 6.92 Å². The van der Waals surface area contributed by atoms with Crippen LogP contribution in [0.2, 0.25) is 0 Å². The van der Waals surface area contributed by atoms with Crippen LogP contribution in [0.3, 0.4) is 0 Å². The standard InChI is InChI=1S/C5H7N3O2/c1-3-2-7-5(10-3)4(9)8-6/h2H,6H2,1H3,(H,8,9). The number of nitrogens with zero attached hydrogens (tertiary/aromatic N) is 1. The molecule has 0 saturated heterocycles. The Morgan fingerprint density at radius 1 is 1.90 bits per heavy atom. The van der Waals surface area contributed by atoms with E-state index in [0.29, 0.717) is 5.76 Å². The molecule has 1 aromatic rings. The molecule has 0 radical (unpaired) electrons. The van der Waals surface area contributed by atoms with Gasteiger partial charge < -0.3 is 4.42 Å². The van der Waals surface area contributed by atoms with E-state index in [0.717, 1.165) is 0 Å². The van der Waals surface area contributed by atoms with Gasteiger partial charge in [0.15, 0.2) is 0 Å². The lowest BCUT2D eigenvalue weighted by Crippen LogP contribution is -2.30. The van der Waals surface area contributed by atoms with Gasteiger partial charge in [0.05, 0.1) is 6.20 Å². The van der Waals surface area contributed by atoms with Crippen molar-refractivity contribution >= 4 is 5.91 Å². The van der Waals surface area contributed by atoms with E-state index >= 15 is 0 Å². The van der Waals surface area contributed by atoms with E-state index < -0.39 is 5.91 Å². The second-order valence-corrected chi connectivity index (χ2v) is 1.75. The van der Waals surface area contributed by atoms with Gasteiger partial charge in [-0.15, -0.1) is 0 Å². The molecule has 0 aliphatic carbocycles. The van der Waals surface area contributed by atoms with Crippen molar-refractivity contribution < 1.29 is 9.21 Å². The van der Waals surface area contributed by atoms with E-state index in [1.807, 2.05) is 5.43 Å². The van der Waals surface area contributed by atoms with E-state index in [2.05, 4.69) is 4.98 Å². The van der Waals surface area contributed by atoms with E-state index in [1.54, 1.807) is 6.92 Å². The number of hydrogen-bond acceptors (Lipinski definition) is 4. The second kappa shape index (κ2) is 2.49. The SMILES string of the molecule is Cc1cnc(C(=O)NN)o1. The zero-order chi connectivity index (χ0) is 7.56. The molecule has 0 atom stereocenters. The summed E-state index contributed by atoms with van der Waals surface area (Å²) in [4.78, 5) is 14.3. The maximum absolute atomic E-state index is 10.6. The Labute approximate surface area is 57.2 Å². The first-order valence-corrected chi connectivity index (χ1v) is 2.67. The smallest absolute Gasteiger partial charge is 0.320 e. The number of oxazole rings is 1. The van der Waals surface area contributed by atoms with Crippen LogP contribution in [0.25, 0.3) is 0 Å². The third kappa shape index (κ3) is 1.14. The van der Waals surface area contributed by atoms with Gasteiger partial charge in [0.25, 0.3) is 5.89 Å². The molecule has 0 spiro atoms. The number of nitrogens with one attached hydrogen (secondary N) is 1. The third-order valence-corrected chi connectivity index (χ3v) is 0.947. The van der Waals surface area contributed by atoms with Crippen LogP contribution in [-0.4, -0.2) is 10.9 Å². The number of nitrogens with two attached hydrogens (primary N) is 1. The Kier molecular flexibility index (Phi) is 1.68. The lowest BCUT2D eigenvalue weighted by molar-refractivity contribution is 0.0917. The Hall–Kier alpha value is -1.36. The van der Waals surface area contributed by atoms with Crippen LogP contribution < -0.4 is 11.3 Å². The van der Waals surface area contributed by atoms with Gasteiger partial charge in [-0.2, -0.15) is 0 Å². The highest BCUT2D eigenvalue weighted by atomic mass is 16.4. The molecule has 0 unspecified atom stereocenters. The average molecular weight is 141 g/mol. The minimum atomic E-state index is -0.520. The molecule has 0 saturated carbocycles. The number of hydrazine groups is 1. The van der Waals surface area contributed by atoms with Crippen molar-refractivity contribution in [3.05, 3.63) is 17.8 Å². The summed E-state index contributed by atoms with van der Waals surface area (Å²) in [5, 5.41) is 0. The van der Waals surface area contributed by atoms with Crippen LogP contribution in [0.15, 0.2) is 10.6 Å². The van der Waals surface area contributed by atoms with Crippen molar-refractivity contribution in [3.8, 4) is 0 Å². The molecule has 5 nitrogen and oxygen atoms in total. The second-order valence-electron chi connectivity index (χ2n) is 1.75.